The number of rotatable bonds is 8. The highest BCUT2D eigenvalue weighted by atomic mass is 32.2. The zero-order chi connectivity index (χ0) is 15.9. The van der Waals surface area contributed by atoms with Gasteiger partial charge in [0.05, 0.1) is 5.75 Å². The van der Waals surface area contributed by atoms with E-state index in [0.717, 1.165) is 5.56 Å². The van der Waals surface area contributed by atoms with Crippen LogP contribution >= 0.6 is 0 Å². The fourth-order valence-electron chi connectivity index (χ4n) is 1.96. The Hall–Kier alpha value is -1.60. The zero-order valence-corrected chi connectivity index (χ0v) is 13.3. The summed E-state index contributed by atoms with van der Waals surface area (Å²) in [6, 6.07) is 9.49. The molecule has 0 aliphatic heterocycles. The monoisotopic (exact) mass is 313 g/mol. The van der Waals surface area contributed by atoms with E-state index in [9.17, 15) is 8.42 Å². The molecule has 1 aromatic carbocycles. The Labute approximate surface area is 126 Å². The maximum atomic E-state index is 12.4. The number of aryl methyl sites for hydroxylation is 1. The van der Waals surface area contributed by atoms with Gasteiger partial charge in [-0.15, -0.1) is 0 Å². The smallest absolute Gasteiger partial charge is 0.214 e. The fraction of sp³-hybridized carbons (Fsp3) is 0.500. The minimum atomic E-state index is -3.37. The lowest BCUT2D eigenvalue weighted by Gasteiger charge is -2.23. The molecule has 0 spiro atoms. The van der Waals surface area contributed by atoms with Crippen molar-refractivity contribution >= 4 is 15.9 Å². The number of sulfonamides is 1. The summed E-state index contributed by atoms with van der Waals surface area (Å²) in [5, 5.41) is 11.6. The molecule has 21 heavy (non-hydrogen) atoms. The van der Waals surface area contributed by atoms with Gasteiger partial charge < -0.3 is 10.9 Å². The van der Waals surface area contributed by atoms with Crippen LogP contribution in [0.4, 0.5) is 0 Å². The molecule has 0 aliphatic carbocycles. The summed E-state index contributed by atoms with van der Waals surface area (Å²) in [4.78, 5) is 0. The zero-order valence-electron chi connectivity index (χ0n) is 12.4. The minimum absolute atomic E-state index is 0.0340. The molecule has 0 saturated heterocycles. The van der Waals surface area contributed by atoms with Crippen LogP contribution in [-0.4, -0.2) is 42.6 Å². The Bertz CT molecular complexity index is 558. The maximum Gasteiger partial charge on any atom is 0.214 e. The van der Waals surface area contributed by atoms with Crippen LogP contribution in [0.5, 0.6) is 0 Å². The van der Waals surface area contributed by atoms with Crippen molar-refractivity contribution < 1.29 is 13.6 Å². The highest BCUT2D eigenvalue weighted by Crippen LogP contribution is 2.10. The number of hydrogen-bond donors (Lipinski definition) is 2. The molecule has 0 aliphatic rings. The van der Waals surface area contributed by atoms with Gasteiger partial charge in [0.15, 0.2) is 0 Å². The van der Waals surface area contributed by atoms with Crippen LogP contribution in [0.15, 0.2) is 35.5 Å². The lowest BCUT2D eigenvalue weighted by molar-refractivity contribution is 0.311. The Kier molecular flexibility index (Phi) is 6.64. The van der Waals surface area contributed by atoms with Gasteiger partial charge in [-0.25, -0.2) is 12.7 Å². The molecule has 0 aromatic heterocycles. The van der Waals surface area contributed by atoms with Crippen LogP contribution in [0.1, 0.15) is 19.4 Å². The third-order valence-electron chi connectivity index (χ3n) is 3.34. The van der Waals surface area contributed by atoms with Crippen molar-refractivity contribution in [2.75, 3.05) is 18.8 Å². The van der Waals surface area contributed by atoms with Crippen molar-refractivity contribution in [3.8, 4) is 0 Å². The summed E-state index contributed by atoms with van der Waals surface area (Å²) in [7, 11) is -3.37. The lowest BCUT2D eigenvalue weighted by Crippen LogP contribution is -2.40. The van der Waals surface area contributed by atoms with Crippen molar-refractivity contribution in [2.45, 2.75) is 20.3 Å². The summed E-state index contributed by atoms with van der Waals surface area (Å²) < 4.78 is 26.1. The van der Waals surface area contributed by atoms with Crippen molar-refractivity contribution in [3.05, 3.63) is 35.9 Å². The van der Waals surface area contributed by atoms with E-state index in [-0.39, 0.29) is 24.1 Å². The van der Waals surface area contributed by atoms with Crippen LogP contribution in [0, 0.1) is 5.92 Å². The Morgan fingerprint density at radius 2 is 2.00 bits per heavy atom. The van der Waals surface area contributed by atoms with Gasteiger partial charge in [0.2, 0.25) is 10.0 Å². The first-order chi connectivity index (χ1) is 9.90. The Balaban J connectivity index is 2.69. The molecule has 1 aromatic rings. The summed E-state index contributed by atoms with van der Waals surface area (Å²) in [5.41, 5.74) is 6.49. The molecular formula is C14H23N3O3S. The van der Waals surface area contributed by atoms with E-state index in [1.54, 1.807) is 13.8 Å². The van der Waals surface area contributed by atoms with Crippen LogP contribution in [0.2, 0.25) is 0 Å². The van der Waals surface area contributed by atoms with Gasteiger partial charge >= 0.3 is 0 Å². The van der Waals surface area contributed by atoms with Crippen molar-refractivity contribution in [1.29, 1.82) is 0 Å². The molecule has 0 fully saturated rings. The summed E-state index contributed by atoms with van der Waals surface area (Å²) in [6.45, 7) is 4.08. The van der Waals surface area contributed by atoms with Crippen LogP contribution < -0.4 is 5.73 Å². The predicted molar refractivity (Wildman–Crippen MR) is 83.8 cm³/mol. The molecule has 0 radical (unpaired) electrons. The van der Waals surface area contributed by atoms with Crippen molar-refractivity contribution in [1.82, 2.24) is 4.31 Å². The number of nitrogens with two attached hydrogens (primary N) is 1. The van der Waals surface area contributed by atoms with Gasteiger partial charge in [-0.2, -0.15) is 0 Å². The average molecular weight is 313 g/mol. The molecule has 0 bridgehead atoms. The third kappa shape index (κ3) is 5.35. The molecule has 1 unspecified atom stereocenters. The van der Waals surface area contributed by atoms with Crippen LogP contribution in [0.25, 0.3) is 0 Å². The summed E-state index contributed by atoms with van der Waals surface area (Å²) >= 11 is 0. The van der Waals surface area contributed by atoms with Gasteiger partial charge in [-0.3, -0.25) is 0 Å². The Morgan fingerprint density at radius 3 is 2.52 bits per heavy atom. The van der Waals surface area contributed by atoms with Gasteiger partial charge in [-0.05, 0) is 12.0 Å². The summed E-state index contributed by atoms with van der Waals surface area (Å²) in [5.74, 6) is -0.249. The number of benzene rings is 1. The van der Waals surface area contributed by atoms with Crippen LogP contribution in [-0.2, 0) is 16.4 Å². The van der Waals surface area contributed by atoms with E-state index in [1.165, 1.54) is 4.31 Å². The number of oxime groups is 1. The summed E-state index contributed by atoms with van der Waals surface area (Å²) in [6.07, 6.45) is 0.470. The topological polar surface area (TPSA) is 96.0 Å². The molecular weight excluding hydrogens is 290 g/mol. The fourth-order valence-corrected chi connectivity index (χ4v) is 3.55. The van der Waals surface area contributed by atoms with Gasteiger partial charge in [0, 0.05) is 19.0 Å². The number of nitrogens with zero attached hydrogens (tertiary/aromatic N) is 2. The van der Waals surface area contributed by atoms with E-state index in [1.807, 2.05) is 30.3 Å². The number of hydrogen-bond acceptors (Lipinski definition) is 4. The second-order valence-electron chi connectivity index (χ2n) is 4.93. The first-order valence-electron chi connectivity index (χ1n) is 6.89. The molecule has 0 amide bonds. The second-order valence-corrected chi connectivity index (χ2v) is 7.02. The second kappa shape index (κ2) is 7.99. The van der Waals surface area contributed by atoms with E-state index in [0.29, 0.717) is 13.0 Å². The lowest BCUT2D eigenvalue weighted by atomic mass is 10.1. The maximum absolute atomic E-state index is 12.4. The number of amidine groups is 1. The van der Waals surface area contributed by atoms with E-state index in [2.05, 4.69) is 5.16 Å². The third-order valence-corrected chi connectivity index (χ3v) is 5.25. The van der Waals surface area contributed by atoms with E-state index < -0.39 is 10.0 Å². The van der Waals surface area contributed by atoms with E-state index in [4.69, 9.17) is 10.9 Å². The van der Waals surface area contributed by atoms with Crippen molar-refractivity contribution in [3.63, 3.8) is 0 Å². The largest absolute Gasteiger partial charge is 0.409 e. The minimum Gasteiger partial charge on any atom is -0.409 e. The molecule has 0 heterocycles. The molecule has 3 N–H and O–H groups in total. The van der Waals surface area contributed by atoms with Gasteiger partial charge in [-0.1, -0.05) is 49.3 Å². The van der Waals surface area contributed by atoms with E-state index >= 15 is 0 Å². The normalized spacial score (nSPS) is 14.3. The first kappa shape index (κ1) is 17.5. The molecule has 1 atom stereocenters. The Morgan fingerprint density at radius 1 is 1.38 bits per heavy atom. The predicted octanol–water partition coefficient (Wildman–Crippen LogP) is 1.26. The van der Waals surface area contributed by atoms with Gasteiger partial charge in [0.25, 0.3) is 0 Å². The highest BCUT2D eigenvalue weighted by Gasteiger charge is 2.23. The molecule has 118 valence electrons. The first-order valence-corrected chi connectivity index (χ1v) is 8.50. The highest BCUT2D eigenvalue weighted by molar-refractivity contribution is 7.89. The average Bonchev–Trinajstić information content (AvgIpc) is 2.50. The van der Waals surface area contributed by atoms with Crippen molar-refractivity contribution in [2.24, 2.45) is 16.8 Å². The molecule has 7 heteroatoms. The standard InChI is InChI=1S/C14H23N3O3S/c1-3-17(11-12(2)14(15)16-18)21(19,20)10-9-13-7-5-4-6-8-13/h4-8,12,18H,3,9-11H2,1-2H3,(H2,15,16). The quantitative estimate of drug-likeness (QED) is 0.327. The molecule has 6 nitrogen and oxygen atoms in total. The SMILES string of the molecule is CCN(CC(C)/C(N)=N/O)S(=O)(=O)CCc1ccccc1. The van der Waals surface area contributed by atoms with Crippen LogP contribution in [0.3, 0.4) is 0 Å². The molecule has 0 saturated carbocycles. The van der Waals surface area contributed by atoms with Gasteiger partial charge in [0.1, 0.15) is 5.84 Å². The molecule has 1 rings (SSSR count).